The van der Waals surface area contributed by atoms with Gasteiger partial charge in [0.1, 0.15) is 6.10 Å². The summed E-state index contributed by atoms with van der Waals surface area (Å²) in [7, 11) is 3.41. The molecule has 7 heteroatoms. The zero-order chi connectivity index (χ0) is 17.5. The molecule has 3 rings (SSSR count). The zero-order valence-electron chi connectivity index (χ0n) is 14.6. The van der Waals surface area contributed by atoms with Crippen LogP contribution in [0.25, 0.3) is 0 Å². The Bertz CT molecular complexity index is 708. The predicted molar refractivity (Wildman–Crippen MR) is 95.8 cm³/mol. The largest absolute Gasteiger partial charge is 0.481 e. The third kappa shape index (κ3) is 4.37. The molecular formula is C18H23N5O2. The third-order valence-electron chi connectivity index (χ3n) is 4.06. The van der Waals surface area contributed by atoms with Crippen LogP contribution in [0.1, 0.15) is 12.0 Å². The van der Waals surface area contributed by atoms with E-state index in [2.05, 4.69) is 25.2 Å². The molecule has 1 atom stereocenters. The number of nitrogens with one attached hydrogen (secondary N) is 1. The molecule has 1 aliphatic rings. The number of pyridine rings is 2. The third-order valence-corrected chi connectivity index (χ3v) is 4.06. The SMILES string of the molecule is CN=C(NCc1cccnc1OC)N1CCC(Oc2ccccn2)C1. The van der Waals surface area contributed by atoms with Crippen LogP contribution in [0.3, 0.4) is 0 Å². The lowest BCUT2D eigenvalue weighted by Crippen LogP contribution is -2.40. The van der Waals surface area contributed by atoms with Gasteiger partial charge in [0.15, 0.2) is 5.96 Å². The number of rotatable bonds is 5. The van der Waals surface area contributed by atoms with Gasteiger partial charge in [-0.1, -0.05) is 12.1 Å². The van der Waals surface area contributed by atoms with E-state index >= 15 is 0 Å². The summed E-state index contributed by atoms with van der Waals surface area (Å²) in [4.78, 5) is 15.0. The number of aliphatic imine (C=N–C) groups is 1. The Morgan fingerprint density at radius 3 is 2.92 bits per heavy atom. The molecule has 1 unspecified atom stereocenters. The second-order valence-electron chi connectivity index (χ2n) is 5.72. The molecule has 0 bridgehead atoms. The molecule has 2 aromatic heterocycles. The van der Waals surface area contributed by atoms with E-state index in [0.29, 0.717) is 18.3 Å². The molecule has 3 heterocycles. The van der Waals surface area contributed by atoms with Crippen molar-refractivity contribution in [3.8, 4) is 11.8 Å². The summed E-state index contributed by atoms with van der Waals surface area (Å²) >= 11 is 0. The maximum absolute atomic E-state index is 5.93. The van der Waals surface area contributed by atoms with E-state index in [0.717, 1.165) is 31.0 Å². The Labute approximate surface area is 147 Å². The summed E-state index contributed by atoms with van der Waals surface area (Å²) < 4.78 is 11.2. The van der Waals surface area contributed by atoms with Gasteiger partial charge in [-0.15, -0.1) is 0 Å². The van der Waals surface area contributed by atoms with Crippen molar-refractivity contribution in [2.75, 3.05) is 27.2 Å². The first-order valence-corrected chi connectivity index (χ1v) is 8.31. The fraction of sp³-hybridized carbons (Fsp3) is 0.389. The first kappa shape index (κ1) is 17.0. The van der Waals surface area contributed by atoms with E-state index < -0.39 is 0 Å². The first-order valence-electron chi connectivity index (χ1n) is 8.31. The Hall–Kier alpha value is -2.83. The van der Waals surface area contributed by atoms with E-state index in [4.69, 9.17) is 9.47 Å². The first-order chi connectivity index (χ1) is 12.3. The highest BCUT2D eigenvalue weighted by molar-refractivity contribution is 5.80. The van der Waals surface area contributed by atoms with Crippen LogP contribution in [0.15, 0.2) is 47.7 Å². The van der Waals surface area contributed by atoms with E-state index in [1.807, 2.05) is 30.3 Å². The van der Waals surface area contributed by atoms with Gasteiger partial charge in [-0.05, 0) is 12.1 Å². The predicted octanol–water partition coefficient (Wildman–Crippen LogP) is 1.71. The van der Waals surface area contributed by atoms with Crippen molar-refractivity contribution in [3.05, 3.63) is 48.3 Å². The van der Waals surface area contributed by atoms with Gasteiger partial charge in [-0.25, -0.2) is 9.97 Å². The minimum atomic E-state index is 0.112. The standard InChI is InChI=1S/C18H23N5O2/c1-19-18(22-12-14-6-5-10-21-17(14)24-2)23-11-8-15(13-23)25-16-7-3-4-9-20-16/h3-7,9-10,15H,8,11-13H2,1-2H3,(H,19,22). The van der Waals surface area contributed by atoms with E-state index in [9.17, 15) is 0 Å². The highest BCUT2D eigenvalue weighted by Gasteiger charge is 2.26. The lowest BCUT2D eigenvalue weighted by Gasteiger charge is -2.22. The normalized spacial score (nSPS) is 17.4. The molecule has 1 aliphatic heterocycles. The second-order valence-corrected chi connectivity index (χ2v) is 5.72. The Morgan fingerprint density at radius 2 is 2.16 bits per heavy atom. The molecule has 0 aliphatic carbocycles. The fourth-order valence-electron chi connectivity index (χ4n) is 2.85. The van der Waals surface area contributed by atoms with Crippen LogP contribution in [0.4, 0.5) is 0 Å². The molecule has 0 spiro atoms. The van der Waals surface area contributed by atoms with Crippen LogP contribution < -0.4 is 14.8 Å². The van der Waals surface area contributed by atoms with E-state index in [-0.39, 0.29) is 6.10 Å². The van der Waals surface area contributed by atoms with Crippen LogP contribution in [0, 0.1) is 0 Å². The van der Waals surface area contributed by atoms with Crippen LogP contribution in [0.2, 0.25) is 0 Å². The molecule has 0 aromatic carbocycles. The number of likely N-dealkylation sites (tertiary alicyclic amines) is 1. The Kier molecular flexibility index (Phi) is 5.66. The molecule has 7 nitrogen and oxygen atoms in total. The van der Waals surface area contributed by atoms with Crippen molar-refractivity contribution < 1.29 is 9.47 Å². The van der Waals surface area contributed by atoms with Crippen molar-refractivity contribution >= 4 is 5.96 Å². The minimum absolute atomic E-state index is 0.112. The van der Waals surface area contributed by atoms with Gasteiger partial charge in [0.25, 0.3) is 0 Å². The summed E-state index contributed by atoms with van der Waals surface area (Å²) in [6.45, 7) is 2.27. The number of hydrogen-bond donors (Lipinski definition) is 1. The van der Waals surface area contributed by atoms with Crippen LogP contribution >= 0.6 is 0 Å². The molecule has 2 aromatic rings. The smallest absolute Gasteiger partial charge is 0.218 e. The van der Waals surface area contributed by atoms with Crippen molar-refractivity contribution in [3.63, 3.8) is 0 Å². The number of ether oxygens (including phenoxy) is 2. The Morgan fingerprint density at radius 1 is 1.28 bits per heavy atom. The van der Waals surface area contributed by atoms with Crippen LogP contribution in [-0.4, -0.2) is 54.2 Å². The average molecular weight is 341 g/mol. The quantitative estimate of drug-likeness (QED) is 0.659. The highest BCUT2D eigenvalue weighted by Crippen LogP contribution is 2.17. The Balaban J connectivity index is 1.55. The van der Waals surface area contributed by atoms with Crippen LogP contribution in [0.5, 0.6) is 11.8 Å². The zero-order valence-corrected chi connectivity index (χ0v) is 14.6. The molecule has 0 amide bonds. The summed E-state index contributed by atoms with van der Waals surface area (Å²) in [6.07, 6.45) is 4.51. The van der Waals surface area contributed by atoms with E-state index in [1.54, 1.807) is 26.6 Å². The van der Waals surface area contributed by atoms with Gasteiger partial charge in [-0.3, -0.25) is 4.99 Å². The fourth-order valence-corrected chi connectivity index (χ4v) is 2.85. The number of hydrogen-bond acceptors (Lipinski definition) is 5. The maximum atomic E-state index is 5.93. The number of methoxy groups -OCH3 is 1. The van der Waals surface area contributed by atoms with E-state index in [1.165, 1.54) is 0 Å². The van der Waals surface area contributed by atoms with Gasteiger partial charge >= 0.3 is 0 Å². The lowest BCUT2D eigenvalue weighted by molar-refractivity contribution is 0.205. The molecule has 1 N–H and O–H groups in total. The highest BCUT2D eigenvalue weighted by atomic mass is 16.5. The number of guanidine groups is 1. The lowest BCUT2D eigenvalue weighted by atomic mass is 10.2. The van der Waals surface area contributed by atoms with Gasteiger partial charge in [0, 0.05) is 50.6 Å². The average Bonchev–Trinajstić information content (AvgIpc) is 3.11. The molecular weight excluding hydrogens is 318 g/mol. The van der Waals surface area contributed by atoms with Crippen LogP contribution in [-0.2, 0) is 6.54 Å². The summed E-state index contributed by atoms with van der Waals surface area (Å²) in [5, 5.41) is 3.37. The van der Waals surface area contributed by atoms with Gasteiger partial charge in [0.2, 0.25) is 11.8 Å². The van der Waals surface area contributed by atoms with Crippen molar-refractivity contribution in [1.82, 2.24) is 20.2 Å². The van der Waals surface area contributed by atoms with Crippen molar-refractivity contribution in [2.24, 2.45) is 4.99 Å². The molecule has 1 fully saturated rings. The number of nitrogens with zero attached hydrogens (tertiary/aromatic N) is 4. The summed E-state index contributed by atoms with van der Waals surface area (Å²) in [5.74, 6) is 2.14. The van der Waals surface area contributed by atoms with Gasteiger partial charge in [0.05, 0.1) is 13.7 Å². The van der Waals surface area contributed by atoms with Gasteiger partial charge < -0.3 is 19.7 Å². The van der Waals surface area contributed by atoms with Crippen molar-refractivity contribution in [2.45, 2.75) is 19.1 Å². The van der Waals surface area contributed by atoms with Gasteiger partial charge in [-0.2, -0.15) is 0 Å². The number of aromatic nitrogens is 2. The molecule has 0 radical (unpaired) electrons. The minimum Gasteiger partial charge on any atom is -0.481 e. The maximum Gasteiger partial charge on any atom is 0.218 e. The topological polar surface area (TPSA) is 71.9 Å². The molecule has 1 saturated heterocycles. The summed E-state index contributed by atoms with van der Waals surface area (Å²) in [5.41, 5.74) is 0.992. The van der Waals surface area contributed by atoms with Crippen molar-refractivity contribution in [1.29, 1.82) is 0 Å². The molecule has 132 valence electrons. The molecule has 0 saturated carbocycles. The second kappa shape index (κ2) is 8.32. The molecule has 25 heavy (non-hydrogen) atoms. The monoisotopic (exact) mass is 341 g/mol. The summed E-state index contributed by atoms with van der Waals surface area (Å²) in [6, 6.07) is 9.57.